The van der Waals surface area contributed by atoms with Gasteiger partial charge in [-0.25, -0.2) is 4.39 Å². The number of hydrogen-bond donors (Lipinski definition) is 1. The third-order valence-corrected chi connectivity index (χ3v) is 5.39. The van der Waals surface area contributed by atoms with Crippen LogP contribution in [0.4, 0.5) is 10.1 Å². The van der Waals surface area contributed by atoms with Crippen molar-refractivity contribution in [2.24, 2.45) is 5.92 Å². The highest BCUT2D eigenvalue weighted by Gasteiger charge is 2.17. The number of amides is 1. The van der Waals surface area contributed by atoms with Gasteiger partial charge in [-0.2, -0.15) is 0 Å². The van der Waals surface area contributed by atoms with Crippen LogP contribution >= 0.6 is 11.6 Å². The van der Waals surface area contributed by atoms with Gasteiger partial charge in [-0.1, -0.05) is 36.7 Å². The zero-order chi connectivity index (χ0) is 19.4. The first-order chi connectivity index (χ1) is 12.9. The SMILES string of the molecule is C[C@@H]1CCCN(c2ccc([C@H](C)NC(=O)Cc3ccc(Cl)cc3F)cc2)C1. The zero-order valence-electron chi connectivity index (χ0n) is 15.8. The second-order valence-electron chi connectivity index (χ2n) is 7.49. The van der Waals surface area contributed by atoms with E-state index < -0.39 is 5.82 Å². The quantitative estimate of drug-likeness (QED) is 0.769. The lowest BCUT2D eigenvalue weighted by Crippen LogP contribution is -2.34. The zero-order valence-corrected chi connectivity index (χ0v) is 16.6. The summed E-state index contributed by atoms with van der Waals surface area (Å²) in [7, 11) is 0. The Morgan fingerprint density at radius 3 is 2.70 bits per heavy atom. The van der Waals surface area contributed by atoms with Crippen LogP contribution in [0.1, 0.15) is 43.9 Å². The summed E-state index contributed by atoms with van der Waals surface area (Å²) >= 11 is 5.75. The molecule has 0 saturated carbocycles. The Morgan fingerprint density at radius 2 is 2.04 bits per heavy atom. The molecule has 5 heteroatoms. The molecule has 1 aliphatic rings. The first kappa shape index (κ1) is 19.7. The normalized spacial score (nSPS) is 18.2. The molecule has 1 fully saturated rings. The number of nitrogens with zero attached hydrogens (tertiary/aromatic N) is 1. The molecular formula is C22H26ClFN2O. The minimum absolute atomic E-state index is 0.00288. The average Bonchev–Trinajstić information content (AvgIpc) is 2.64. The van der Waals surface area contributed by atoms with Gasteiger partial charge in [-0.15, -0.1) is 0 Å². The minimum atomic E-state index is -0.453. The molecule has 2 aromatic carbocycles. The summed E-state index contributed by atoms with van der Waals surface area (Å²) in [6.45, 7) is 6.43. The van der Waals surface area contributed by atoms with Crippen molar-refractivity contribution in [2.75, 3.05) is 18.0 Å². The van der Waals surface area contributed by atoms with Crippen LogP contribution in [0.2, 0.25) is 5.02 Å². The molecule has 1 amide bonds. The van der Waals surface area contributed by atoms with E-state index in [9.17, 15) is 9.18 Å². The van der Waals surface area contributed by atoms with Crippen molar-refractivity contribution in [2.45, 2.75) is 39.2 Å². The number of rotatable bonds is 5. The Morgan fingerprint density at radius 1 is 1.30 bits per heavy atom. The van der Waals surface area contributed by atoms with Crippen LogP contribution in [0.3, 0.4) is 0 Å². The summed E-state index contributed by atoms with van der Waals surface area (Å²) in [6, 6.07) is 12.6. The molecule has 0 spiro atoms. The molecule has 3 rings (SSSR count). The molecule has 1 saturated heterocycles. The Hall–Kier alpha value is -2.07. The van der Waals surface area contributed by atoms with Crippen LogP contribution in [0.15, 0.2) is 42.5 Å². The highest BCUT2D eigenvalue weighted by molar-refractivity contribution is 6.30. The van der Waals surface area contributed by atoms with E-state index in [0.29, 0.717) is 10.6 Å². The van der Waals surface area contributed by atoms with E-state index >= 15 is 0 Å². The van der Waals surface area contributed by atoms with Crippen molar-refractivity contribution in [3.63, 3.8) is 0 Å². The lowest BCUT2D eigenvalue weighted by molar-refractivity contribution is -0.121. The van der Waals surface area contributed by atoms with Gasteiger partial charge in [0.25, 0.3) is 0 Å². The number of carbonyl (C=O) groups is 1. The third-order valence-electron chi connectivity index (χ3n) is 5.16. The Bertz CT molecular complexity index is 793. The second-order valence-corrected chi connectivity index (χ2v) is 7.92. The van der Waals surface area contributed by atoms with E-state index in [0.717, 1.165) is 24.6 Å². The predicted octanol–water partition coefficient (Wildman–Crippen LogP) is 5.14. The van der Waals surface area contributed by atoms with E-state index in [-0.39, 0.29) is 18.4 Å². The van der Waals surface area contributed by atoms with Crippen molar-refractivity contribution >= 4 is 23.2 Å². The van der Waals surface area contributed by atoms with Crippen LogP contribution < -0.4 is 10.2 Å². The number of anilines is 1. The number of halogens is 2. The van der Waals surface area contributed by atoms with Crippen molar-refractivity contribution in [1.29, 1.82) is 0 Å². The van der Waals surface area contributed by atoms with Crippen molar-refractivity contribution in [3.8, 4) is 0 Å². The monoisotopic (exact) mass is 388 g/mol. The van der Waals surface area contributed by atoms with Crippen LogP contribution in [0.25, 0.3) is 0 Å². The molecule has 0 bridgehead atoms. The van der Waals surface area contributed by atoms with Gasteiger partial charge in [0.05, 0.1) is 12.5 Å². The third kappa shape index (κ3) is 5.23. The maximum atomic E-state index is 13.9. The maximum Gasteiger partial charge on any atom is 0.225 e. The van der Waals surface area contributed by atoms with Crippen LogP contribution in [-0.4, -0.2) is 19.0 Å². The molecule has 3 nitrogen and oxygen atoms in total. The molecule has 2 aromatic rings. The summed E-state index contributed by atoms with van der Waals surface area (Å²) in [5.41, 5.74) is 2.61. The summed E-state index contributed by atoms with van der Waals surface area (Å²) in [6.07, 6.45) is 2.53. The van der Waals surface area contributed by atoms with Crippen LogP contribution in [-0.2, 0) is 11.2 Å². The van der Waals surface area contributed by atoms with Crippen molar-refractivity contribution in [1.82, 2.24) is 5.32 Å². The molecule has 2 atom stereocenters. The van der Waals surface area contributed by atoms with E-state index in [1.165, 1.54) is 24.6 Å². The summed E-state index contributed by atoms with van der Waals surface area (Å²) in [4.78, 5) is 14.7. The fourth-order valence-corrected chi connectivity index (χ4v) is 3.77. The molecule has 0 aromatic heterocycles. The van der Waals surface area contributed by atoms with Crippen molar-refractivity contribution in [3.05, 3.63) is 64.4 Å². The summed E-state index contributed by atoms with van der Waals surface area (Å²) in [5.74, 6) is 0.0629. The van der Waals surface area contributed by atoms with Gasteiger partial charge in [0.2, 0.25) is 5.91 Å². The highest BCUT2D eigenvalue weighted by Crippen LogP contribution is 2.24. The smallest absolute Gasteiger partial charge is 0.225 e. The first-order valence-electron chi connectivity index (χ1n) is 9.50. The fourth-order valence-electron chi connectivity index (χ4n) is 3.61. The molecule has 0 radical (unpaired) electrons. The molecule has 0 aliphatic carbocycles. The van der Waals surface area contributed by atoms with E-state index in [1.54, 1.807) is 12.1 Å². The van der Waals surface area contributed by atoms with E-state index in [2.05, 4.69) is 41.4 Å². The number of nitrogens with one attached hydrogen (secondary N) is 1. The highest BCUT2D eigenvalue weighted by atomic mass is 35.5. The van der Waals surface area contributed by atoms with E-state index in [1.807, 2.05) is 6.92 Å². The lowest BCUT2D eigenvalue weighted by Gasteiger charge is -2.33. The number of carbonyl (C=O) groups excluding carboxylic acids is 1. The Kier molecular flexibility index (Phi) is 6.38. The van der Waals surface area contributed by atoms with Gasteiger partial charge >= 0.3 is 0 Å². The fraction of sp³-hybridized carbons (Fsp3) is 0.409. The van der Waals surface area contributed by atoms with Gasteiger partial charge in [0, 0.05) is 23.8 Å². The maximum absolute atomic E-state index is 13.9. The number of benzene rings is 2. The van der Waals surface area contributed by atoms with Gasteiger partial charge in [0.15, 0.2) is 0 Å². The largest absolute Gasteiger partial charge is 0.371 e. The van der Waals surface area contributed by atoms with Gasteiger partial charge in [0.1, 0.15) is 5.82 Å². The molecular weight excluding hydrogens is 363 g/mol. The average molecular weight is 389 g/mol. The molecule has 27 heavy (non-hydrogen) atoms. The van der Waals surface area contributed by atoms with E-state index in [4.69, 9.17) is 11.6 Å². The topological polar surface area (TPSA) is 32.3 Å². The Balaban J connectivity index is 1.58. The summed E-state index contributed by atoms with van der Waals surface area (Å²) in [5, 5.41) is 3.27. The van der Waals surface area contributed by atoms with Crippen LogP contribution in [0.5, 0.6) is 0 Å². The van der Waals surface area contributed by atoms with Crippen LogP contribution in [0, 0.1) is 11.7 Å². The molecule has 1 aliphatic heterocycles. The predicted molar refractivity (Wildman–Crippen MR) is 109 cm³/mol. The van der Waals surface area contributed by atoms with Gasteiger partial charge < -0.3 is 10.2 Å². The minimum Gasteiger partial charge on any atom is -0.371 e. The second kappa shape index (κ2) is 8.75. The van der Waals surface area contributed by atoms with Gasteiger partial charge in [-0.05, 0) is 61.1 Å². The molecule has 0 unspecified atom stereocenters. The molecule has 144 valence electrons. The van der Waals surface area contributed by atoms with Gasteiger partial charge in [-0.3, -0.25) is 4.79 Å². The Labute approximate surface area is 165 Å². The number of hydrogen-bond acceptors (Lipinski definition) is 2. The molecule has 1 N–H and O–H groups in total. The molecule has 1 heterocycles. The summed E-state index contributed by atoms with van der Waals surface area (Å²) < 4.78 is 13.9. The lowest BCUT2D eigenvalue weighted by atomic mass is 9.99. The van der Waals surface area contributed by atoms with Crippen molar-refractivity contribution < 1.29 is 9.18 Å². The number of piperidine rings is 1. The standard InChI is InChI=1S/C22H26ClFN2O/c1-15-4-3-11-26(14-15)20-9-6-17(7-10-20)16(2)25-22(27)12-18-5-8-19(23)13-21(18)24/h5-10,13,15-16H,3-4,11-12,14H2,1-2H3,(H,25,27)/t15-,16+/m1/s1. The first-order valence-corrected chi connectivity index (χ1v) is 9.88.